The quantitative estimate of drug-likeness (QED) is 0.132. The minimum Gasteiger partial charge on any atom is -0.463 e. The Hall–Kier alpha value is -6.99. The Morgan fingerprint density at radius 3 is 1.23 bits per heavy atom. The molecule has 2 heterocycles. The van der Waals surface area contributed by atoms with Gasteiger partial charge in [-0.2, -0.15) is 0 Å². The summed E-state index contributed by atoms with van der Waals surface area (Å²) in [6.45, 7) is 1.88. The van der Waals surface area contributed by atoms with Gasteiger partial charge >= 0.3 is 41.8 Å². The van der Waals surface area contributed by atoms with E-state index in [4.69, 9.17) is 47.4 Å². The summed E-state index contributed by atoms with van der Waals surface area (Å²) in [7, 11) is 0. The van der Waals surface area contributed by atoms with Crippen LogP contribution in [0.2, 0.25) is 0 Å². The second-order valence-corrected chi connectivity index (χ2v) is 14.3. The molecule has 336 valence electrons. The minimum absolute atomic E-state index is 0.00758. The second kappa shape index (κ2) is 21.9. The first-order valence-corrected chi connectivity index (χ1v) is 19.9. The summed E-state index contributed by atoms with van der Waals surface area (Å²) in [5, 5.41) is 11.5. The highest BCUT2D eigenvalue weighted by atomic mass is 16.8. The lowest BCUT2D eigenvalue weighted by Crippen LogP contribution is -2.67. The van der Waals surface area contributed by atoms with Gasteiger partial charge in [0.25, 0.3) is 0 Å². The number of hydrogen-bond acceptors (Lipinski definition) is 18. The van der Waals surface area contributed by atoms with Gasteiger partial charge < -0.3 is 52.5 Å². The molecule has 2 aliphatic rings. The molecule has 0 saturated carbocycles. The molecule has 0 bridgehead atoms. The van der Waals surface area contributed by atoms with Crippen molar-refractivity contribution in [1.29, 1.82) is 0 Å². The van der Waals surface area contributed by atoms with Crippen molar-refractivity contribution in [2.75, 3.05) is 13.2 Å². The number of hydrogen-bond donors (Lipinski definition) is 1. The summed E-state index contributed by atoms with van der Waals surface area (Å²) in [6, 6.07) is 30.8. The molecule has 10 atom stereocenters. The van der Waals surface area contributed by atoms with Crippen molar-refractivity contribution < 1.29 is 86.0 Å². The molecule has 0 aromatic heterocycles. The number of rotatable bonds is 15. The molecular weight excluding hydrogens is 840 g/mol. The third-order valence-corrected chi connectivity index (χ3v) is 9.69. The van der Waals surface area contributed by atoms with Crippen LogP contribution in [-0.2, 0) is 61.8 Å². The minimum atomic E-state index is -2.08. The van der Waals surface area contributed by atoms with Crippen LogP contribution in [-0.4, -0.2) is 122 Å². The van der Waals surface area contributed by atoms with Gasteiger partial charge in [0.2, 0.25) is 0 Å². The maximum absolute atomic E-state index is 14.0. The molecule has 18 nitrogen and oxygen atoms in total. The SMILES string of the molecule is CC(=O)OC[C@H]1O[C@@H](O)[C@@H](O[C@H]2O[C@H](COC(=O)c3ccccc3)[C@@H](OC(=O)c3ccccc3)[C@H](OC(=O)c3ccccc3)[C@@H]2OC(=O)c2ccccc2)[C@@H](OC(C)=O)[C@@H]1OC(C)=O. The van der Waals surface area contributed by atoms with E-state index in [1.807, 2.05) is 0 Å². The monoisotopic (exact) mass is 884 g/mol. The van der Waals surface area contributed by atoms with Crippen LogP contribution in [0.3, 0.4) is 0 Å². The van der Waals surface area contributed by atoms with E-state index in [9.17, 15) is 38.7 Å². The van der Waals surface area contributed by atoms with Gasteiger partial charge in [-0.15, -0.1) is 0 Å². The fourth-order valence-corrected chi connectivity index (χ4v) is 6.83. The topological polar surface area (TPSA) is 232 Å². The van der Waals surface area contributed by atoms with Gasteiger partial charge in [-0.3, -0.25) is 14.4 Å². The van der Waals surface area contributed by atoms with E-state index in [0.717, 1.165) is 20.8 Å². The molecule has 64 heavy (non-hydrogen) atoms. The Balaban J connectivity index is 1.47. The molecule has 4 aromatic carbocycles. The Bertz CT molecular complexity index is 2240. The van der Waals surface area contributed by atoms with Crippen molar-refractivity contribution in [3.8, 4) is 0 Å². The van der Waals surface area contributed by atoms with Crippen LogP contribution in [0.4, 0.5) is 0 Å². The zero-order valence-corrected chi connectivity index (χ0v) is 34.6. The Morgan fingerprint density at radius 1 is 0.422 bits per heavy atom. The molecule has 18 heteroatoms. The van der Waals surface area contributed by atoms with E-state index < -0.39 is 116 Å². The van der Waals surface area contributed by atoms with Crippen molar-refractivity contribution in [2.24, 2.45) is 0 Å². The summed E-state index contributed by atoms with van der Waals surface area (Å²) in [5.41, 5.74) is 0.220. The fraction of sp³-hybridized carbons (Fsp3) is 0.326. The molecular formula is C46H44O18. The number of ether oxygens (including phenoxy) is 10. The smallest absolute Gasteiger partial charge is 0.338 e. The number of aliphatic hydroxyl groups excluding tert-OH is 1. The van der Waals surface area contributed by atoms with Crippen molar-refractivity contribution in [3.63, 3.8) is 0 Å². The number of esters is 7. The molecule has 6 rings (SSSR count). The summed E-state index contributed by atoms with van der Waals surface area (Å²) >= 11 is 0. The van der Waals surface area contributed by atoms with Crippen LogP contribution < -0.4 is 0 Å². The van der Waals surface area contributed by atoms with Gasteiger partial charge in [0.1, 0.15) is 25.4 Å². The lowest BCUT2D eigenvalue weighted by atomic mass is 9.96. The van der Waals surface area contributed by atoms with Crippen LogP contribution >= 0.6 is 0 Å². The average molecular weight is 885 g/mol. The third-order valence-electron chi connectivity index (χ3n) is 9.69. The highest BCUT2D eigenvalue weighted by molar-refractivity contribution is 5.91. The van der Waals surface area contributed by atoms with E-state index in [2.05, 4.69) is 0 Å². The molecule has 0 aliphatic carbocycles. The van der Waals surface area contributed by atoms with Crippen molar-refractivity contribution >= 4 is 41.8 Å². The van der Waals surface area contributed by atoms with Crippen LogP contribution in [0.15, 0.2) is 121 Å². The van der Waals surface area contributed by atoms with E-state index in [-0.39, 0.29) is 22.3 Å². The van der Waals surface area contributed by atoms with Crippen LogP contribution in [0.5, 0.6) is 0 Å². The van der Waals surface area contributed by atoms with Gasteiger partial charge in [0, 0.05) is 20.8 Å². The first kappa shape index (κ1) is 46.5. The number of carbonyl (C=O) groups excluding carboxylic acids is 7. The van der Waals surface area contributed by atoms with E-state index >= 15 is 0 Å². The Labute approximate surface area is 366 Å². The molecule has 4 aromatic rings. The molecule has 0 spiro atoms. The van der Waals surface area contributed by atoms with Gasteiger partial charge in [0.05, 0.1) is 22.3 Å². The predicted octanol–water partition coefficient (Wildman–Crippen LogP) is 3.77. The third kappa shape index (κ3) is 12.1. The summed E-state index contributed by atoms with van der Waals surface area (Å²) in [4.78, 5) is 92.1. The molecule has 2 saturated heterocycles. The Kier molecular flexibility index (Phi) is 15.9. The van der Waals surface area contributed by atoms with E-state index in [0.29, 0.717) is 0 Å². The van der Waals surface area contributed by atoms with Gasteiger partial charge in [-0.1, -0.05) is 72.8 Å². The molecule has 1 N–H and O–H groups in total. The van der Waals surface area contributed by atoms with Gasteiger partial charge in [-0.25, -0.2) is 19.2 Å². The number of carbonyl (C=O) groups is 7. The van der Waals surface area contributed by atoms with Crippen LogP contribution in [0.1, 0.15) is 62.2 Å². The molecule has 0 amide bonds. The molecule has 2 fully saturated rings. The molecule has 0 radical (unpaired) electrons. The largest absolute Gasteiger partial charge is 0.463 e. The van der Waals surface area contributed by atoms with Gasteiger partial charge in [-0.05, 0) is 48.5 Å². The van der Waals surface area contributed by atoms with E-state index in [1.54, 1.807) is 72.8 Å². The molecule has 0 unspecified atom stereocenters. The normalized spacial score (nSPS) is 25.1. The molecule has 2 aliphatic heterocycles. The van der Waals surface area contributed by atoms with Crippen molar-refractivity contribution in [3.05, 3.63) is 144 Å². The standard InChI is InChI=1S/C46H44O18/c1-26(47)55-24-33-35(57-27(2)48)37(58-28(3)49)39(45(54)59-33)64-46-40(63-44(53)32-22-14-7-15-23-32)38(62-43(52)31-20-12-6-13-21-31)36(61-42(51)30-18-10-5-11-19-30)34(60-46)25-56-41(50)29-16-8-4-9-17-29/h4-23,33-40,45-46,54H,24-25H2,1-3H3/t33-,34-,35-,36-,37+,38+,39+,40+,45-,46-/m1/s1. The maximum Gasteiger partial charge on any atom is 0.338 e. The highest BCUT2D eigenvalue weighted by Crippen LogP contribution is 2.36. The second-order valence-electron chi connectivity index (χ2n) is 14.3. The Morgan fingerprint density at radius 2 is 0.781 bits per heavy atom. The van der Waals surface area contributed by atoms with Crippen LogP contribution in [0.25, 0.3) is 0 Å². The van der Waals surface area contributed by atoms with Crippen molar-refractivity contribution in [2.45, 2.75) is 82.2 Å². The number of aliphatic hydroxyl groups is 1. The lowest BCUT2D eigenvalue weighted by molar-refractivity contribution is -0.360. The summed E-state index contributed by atoms with van der Waals surface area (Å²) in [6.07, 6.45) is -17.9. The zero-order chi connectivity index (χ0) is 45.8. The van der Waals surface area contributed by atoms with Gasteiger partial charge in [0.15, 0.2) is 49.2 Å². The fourth-order valence-electron chi connectivity index (χ4n) is 6.83. The van der Waals surface area contributed by atoms with Crippen molar-refractivity contribution in [1.82, 2.24) is 0 Å². The zero-order valence-electron chi connectivity index (χ0n) is 34.6. The lowest BCUT2D eigenvalue weighted by Gasteiger charge is -2.48. The predicted molar refractivity (Wildman–Crippen MR) is 216 cm³/mol. The summed E-state index contributed by atoms with van der Waals surface area (Å²) < 4.78 is 58.4. The van der Waals surface area contributed by atoms with Crippen LogP contribution in [0, 0.1) is 0 Å². The maximum atomic E-state index is 14.0. The summed E-state index contributed by atoms with van der Waals surface area (Å²) in [5.74, 6) is -6.38. The van der Waals surface area contributed by atoms with E-state index in [1.165, 1.54) is 48.5 Å². The first-order valence-electron chi connectivity index (χ1n) is 19.9. The first-order chi connectivity index (χ1) is 30.8. The average Bonchev–Trinajstić information content (AvgIpc) is 3.29. The number of benzene rings is 4. The highest BCUT2D eigenvalue weighted by Gasteiger charge is 2.57.